The number of thiazole rings is 1. The number of aromatic nitrogens is 1. The van der Waals surface area contributed by atoms with Gasteiger partial charge in [-0.2, -0.15) is 0 Å². The van der Waals surface area contributed by atoms with Crippen molar-refractivity contribution in [2.75, 3.05) is 7.05 Å². The number of allylic oxidation sites excluding steroid dienone is 5. The first-order valence-corrected chi connectivity index (χ1v) is 6.08. The minimum Gasteiger partial charge on any atom is -0.391 e. The van der Waals surface area contributed by atoms with Gasteiger partial charge in [0.05, 0.1) is 0 Å². The predicted molar refractivity (Wildman–Crippen MR) is 72.5 cm³/mol. The van der Waals surface area contributed by atoms with Gasteiger partial charge < -0.3 is 5.32 Å². The van der Waals surface area contributed by atoms with E-state index in [0.29, 0.717) is 0 Å². The molecule has 16 heavy (non-hydrogen) atoms. The van der Waals surface area contributed by atoms with Gasteiger partial charge in [-0.05, 0) is 32.4 Å². The molecule has 0 unspecified atom stereocenters. The number of nitrogens with zero attached hydrogens (tertiary/aromatic N) is 1. The predicted octanol–water partition coefficient (Wildman–Crippen LogP) is 3.53. The molecule has 86 valence electrons. The van der Waals surface area contributed by atoms with E-state index in [-0.39, 0.29) is 0 Å². The van der Waals surface area contributed by atoms with E-state index in [1.807, 2.05) is 20.0 Å². The molecule has 0 aliphatic carbocycles. The van der Waals surface area contributed by atoms with Gasteiger partial charge in [0.25, 0.3) is 0 Å². The lowest BCUT2D eigenvalue weighted by Gasteiger charge is -2.04. The summed E-state index contributed by atoms with van der Waals surface area (Å²) in [4.78, 5) is 4.46. The molecule has 0 fully saturated rings. The van der Waals surface area contributed by atoms with Gasteiger partial charge in [0.15, 0.2) is 0 Å². The molecule has 0 atom stereocenters. The van der Waals surface area contributed by atoms with E-state index >= 15 is 0 Å². The first kappa shape index (κ1) is 12.7. The van der Waals surface area contributed by atoms with E-state index in [4.69, 9.17) is 0 Å². The van der Waals surface area contributed by atoms with Gasteiger partial charge in [-0.1, -0.05) is 12.7 Å². The fraction of sp³-hybridized carbons (Fsp3) is 0.308. The molecule has 0 aliphatic heterocycles. The van der Waals surface area contributed by atoms with Gasteiger partial charge in [0.1, 0.15) is 5.01 Å². The lowest BCUT2D eigenvalue weighted by atomic mass is 10.1. The van der Waals surface area contributed by atoms with Crippen molar-refractivity contribution < 1.29 is 0 Å². The van der Waals surface area contributed by atoms with E-state index in [0.717, 1.165) is 22.0 Å². The maximum absolute atomic E-state index is 4.46. The first-order valence-electron chi connectivity index (χ1n) is 5.20. The molecule has 1 N–H and O–H groups in total. The quantitative estimate of drug-likeness (QED) is 0.806. The topological polar surface area (TPSA) is 24.9 Å². The Labute approximate surface area is 101 Å². The molecule has 0 saturated carbocycles. The van der Waals surface area contributed by atoms with Crippen LogP contribution in [0.3, 0.4) is 0 Å². The average molecular weight is 234 g/mol. The molecule has 1 aromatic rings. The van der Waals surface area contributed by atoms with Gasteiger partial charge in [-0.15, -0.1) is 11.3 Å². The Kier molecular flexibility index (Phi) is 4.50. The van der Waals surface area contributed by atoms with Crippen LogP contribution in [-0.4, -0.2) is 12.0 Å². The third kappa shape index (κ3) is 3.07. The summed E-state index contributed by atoms with van der Waals surface area (Å²) >= 11 is 1.65. The summed E-state index contributed by atoms with van der Waals surface area (Å²) in [6.45, 7) is 9.98. The van der Waals surface area contributed by atoms with E-state index in [1.165, 1.54) is 5.57 Å². The summed E-state index contributed by atoms with van der Waals surface area (Å²) in [5.41, 5.74) is 4.49. The number of aryl methyl sites for hydroxylation is 1. The average Bonchev–Trinajstić information content (AvgIpc) is 2.71. The second kappa shape index (κ2) is 5.66. The molecular formula is C13H18N2S. The van der Waals surface area contributed by atoms with Crippen molar-refractivity contribution in [2.24, 2.45) is 0 Å². The van der Waals surface area contributed by atoms with Crippen LogP contribution in [0.5, 0.6) is 0 Å². The highest BCUT2D eigenvalue weighted by molar-refractivity contribution is 7.10. The Morgan fingerprint density at radius 1 is 1.50 bits per heavy atom. The monoisotopic (exact) mass is 234 g/mol. The molecule has 0 bridgehead atoms. The summed E-state index contributed by atoms with van der Waals surface area (Å²) < 4.78 is 0. The Morgan fingerprint density at radius 3 is 2.62 bits per heavy atom. The van der Waals surface area contributed by atoms with Crippen LogP contribution >= 0.6 is 11.3 Å². The van der Waals surface area contributed by atoms with Crippen LogP contribution in [0.4, 0.5) is 0 Å². The highest BCUT2D eigenvalue weighted by Crippen LogP contribution is 2.22. The molecule has 1 aromatic heterocycles. The number of nitrogens with one attached hydrogen (secondary N) is 1. The summed E-state index contributed by atoms with van der Waals surface area (Å²) in [6.07, 6.45) is 3.96. The second-order valence-electron chi connectivity index (χ2n) is 3.66. The van der Waals surface area contributed by atoms with Crippen molar-refractivity contribution in [1.82, 2.24) is 10.3 Å². The van der Waals surface area contributed by atoms with E-state index < -0.39 is 0 Å². The Bertz CT molecular complexity index is 439. The van der Waals surface area contributed by atoms with Crippen LogP contribution in [0, 0.1) is 6.92 Å². The maximum Gasteiger partial charge on any atom is 0.123 e. The van der Waals surface area contributed by atoms with Crippen LogP contribution in [0.2, 0.25) is 0 Å². The van der Waals surface area contributed by atoms with Gasteiger partial charge in [0.2, 0.25) is 0 Å². The van der Waals surface area contributed by atoms with E-state index in [1.54, 1.807) is 11.3 Å². The van der Waals surface area contributed by atoms with E-state index in [2.05, 4.69) is 42.2 Å². The number of rotatable bonds is 4. The molecular weight excluding hydrogens is 216 g/mol. The molecule has 0 radical (unpaired) electrons. The van der Waals surface area contributed by atoms with Crippen LogP contribution in [0.1, 0.15) is 24.5 Å². The number of hydrogen-bond donors (Lipinski definition) is 1. The van der Waals surface area contributed by atoms with Gasteiger partial charge >= 0.3 is 0 Å². The smallest absolute Gasteiger partial charge is 0.123 e. The summed E-state index contributed by atoms with van der Waals surface area (Å²) in [6, 6.07) is 0. The van der Waals surface area contributed by atoms with Crippen molar-refractivity contribution in [3.8, 4) is 0 Å². The highest BCUT2D eigenvalue weighted by Gasteiger charge is 2.03. The van der Waals surface area contributed by atoms with Crippen molar-refractivity contribution in [1.29, 1.82) is 0 Å². The van der Waals surface area contributed by atoms with Gasteiger partial charge in [-0.25, -0.2) is 4.98 Å². The van der Waals surface area contributed by atoms with E-state index in [9.17, 15) is 0 Å². The fourth-order valence-corrected chi connectivity index (χ4v) is 2.04. The molecule has 0 aliphatic rings. The molecule has 0 saturated heterocycles. The summed E-state index contributed by atoms with van der Waals surface area (Å²) in [5, 5.41) is 6.21. The number of hydrogen-bond acceptors (Lipinski definition) is 3. The normalized spacial score (nSPS) is 13.4. The van der Waals surface area contributed by atoms with Crippen molar-refractivity contribution in [3.63, 3.8) is 0 Å². The first-order chi connectivity index (χ1) is 7.58. The zero-order valence-electron chi connectivity index (χ0n) is 10.3. The highest BCUT2D eigenvalue weighted by atomic mass is 32.1. The molecule has 0 spiro atoms. The maximum atomic E-state index is 4.46. The van der Waals surface area contributed by atoms with Crippen LogP contribution in [0.15, 0.2) is 35.4 Å². The van der Waals surface area contributed by atoms with Crippen molar-refractivity contribution >= 4 is 16.9 Å². The molecule has 0 amide bonds. The second-order valence-corrected chi connectivity index (χ2v) is 4.51. The Morgan fingerprint density at radius 2 is 2.19 bits per heavy atom. The molecule has 1 rings (SSSR count). The van der Waals surface area contributed by atoms with Crippen LogP contribution in [-0.2, 0) is 0 Å². The third-order valence-electron chi connectivity index (χ3n) is 2.42. The Hall–Kier alpha value is -1.35. The molecule has 2 nitrogen and oxygen atoms in total. The molecule has 0 aromatic carbocycles. The lowest BCUT2D eigenvalue weighted by molar-refractivity contribution is 0.969. The SMILES string of the molecule is C=C/C(=C\C(C)=C(/C)NC)c1nc(C)cs1. The molecule has 3 heteroatoms. The van der Waals surface area contributed by atoms with Crippen LogP contribution in [0.25, 0.3) is 5.57 Å². The van der Waals surface area contributed by atoms with Crippen molar-refractivity contribution in [3.05, 3.63) is 46.1 Å². The van der Waals surface area contributed by atoms with Crippen molar-refractivity contribution in [2.45, 2.75) is 20.8 Å². The minimum atomic E-state index is 1.02. The minimum absolute atomic E-state index is 1.02. The lowest BCUT2D eigenvalue weighted by Crippen LogP contribution is -2.03. The zero-order valence-corrected chi connectivity index (χ0v) is 11.1. The standard InChI is InChI=1S/C13H18N2S/c1-6-12(7-9(2)11(4)14-5)13-15-10(3)8-16-13/h6-8,14H,1H2,2-5H3/b11-9+,12-7+. The molecule has 1 heterocycles. The summed E-state index contributed by atoms with van der Waals surface area (Å²) in [7, 11) is 1.92. The zero-order chi connectivity index (χ0) is 12.1. The van der Waals surface area contributed by atoms with Gasteiger partial charge in [0, 0.05) is 29.4 Å². The van der Waals surface area contributed by atoms with Gasteiger partial charge in [-0.3, -0.25) is 0 Å². The largest absolute Gasteiger partial charge is 0.391 e. The fourth-order valence-electron chi connectivity index (χ4n) is 1.23. The van der Waals surface area contributed by atoms with Crippen LogP contribution < -0.4 is 5.32 Å². The Balaban J connectivity index is 3.08. The summed E-state index contributed by atoms with van der Waals surface area (Å²) in [5.74, 6) is 0. The third-order valence-corrected chi connectivity index (χ3v) is 3.43.